The van der Waals surface area contributed by atoms with Gasteiger partial charge in [-0.2, -0.15) is 0 Å². The molecule has 1 fully saturated rings. The average Bonchev–Trinajstić information content (AvgIpc) is 2.74. The molecule has 4 heteroatoms. The smallest absolute Gasteiger partial charge is 0.141 e. The van der Waals surface area contributed by atoms with Crippen molar-refractivity contribution in [3.63, 3.8) is 0 Å². The van der Waals surface area contributed by atoms with Crippen molar-refractivity contribution in [1.82, 2.24) is 5.32 Å². The predicted octanol–water partition coefficient (Wildman–Crippen LogP) is 2.62. The molecule has 16 heavy (non-hydrogen) atoms. The molecule has 0 amide bonds. The van der Waals surface area contributed by atoms with E-state index in [1.807, 2.05) is 0 Å². The van der Waals surface area contributed by atoms with E-state index in [1.165, 1.54) is 18.9 Å². The first-order valence-electron chi connectivity index (χ1n) is 5.60. The summed E-state index contributed by atoms with van der Waals surface area (Å²) in [5.74, 6) is -0.392. The summed E-state index contributed by atoms with van der Waals surface area (Å²) in [5, 5.41) is 3.54. The number of benzene rings is 1. The van der Waals surface area contributed by atoms with Crippen molar-refractivity contribution in [3.05, 3.63) is 34.6 Å². The highest BCUT2D eigenvalue weighted by molar-refractivity contribution is 6.30. The molecular weight excluding hydrogens is 227 g/mol. The zero-order valence-corrected chi connectivity index (χ0v) is 9.80. The van der Waals surface area contributed by atoms with Crippen LogP contribution in [0.1, 0.15) is 30.9 Å². The fraction of sp³-hybridized carbons (Fsp3) is 0.500. The molecule has 0 radical (unpaired) electrons. The largest absolute Gasteiger partial charge is 0.324 e. The number of nitrogens with one attached hydrogen (secondary N) is 1. The van der Waals surface area contributed by atoms with Crippen LogP contribution >= 0.6 is 11.6 Å². The molecule has 0 saturated carbocycles. The second-order valence-corrected chi connectivity index (χ2v) is 4.72. The van der Waals surface area contributed by atoms with Gasteiger partial charge in [0.1, 0.15) is 5.82 Å². The van der Waals surface area contributed by atoms with Gasteiger partial charge in [0.05, 0.1) is 5.02 Å². The molecule has 88 valence electrons. The number of hydrogen-bond donors (Lipinski definition) is 2. The van der Waals surface area contributed by atoms with Crippen LogP contribution < -0.4 is 11.1 Å². The molecule has 2 atom stereocenters. The standard InChI is InChI=1S/C12H16ClFN2/c13-10-6-8(3-4-11(10)14)12(15)7-9-2-1-5-16-9/h3-4,6,9,12,16H,1-2,5,7,15H2. The van der Waals surface area contributed by atoms with Crippen molar-refractivity contribution in [2.75, 3.05) is 6.54 Å². The third-order valence-electron chi connectivity index (χ3n) is 3.07. The maximum Gasteiger partial charge on any atom is 0.141 e. The van der Waals surface area contributed by atoms with E-state index >= 15 is 0 Å². The predicted molar refractivity (Wildman–Crippen MR) is 64.0 cm³/mol. The highest BCUT2D eigenvalue weighted by Gasteiger charge is 2.18. The summed E-state index contributed by atoms with van der Waals surface area (Å²) in [6.07, 6.45) is 3.26. The van der Waals surface area contributed by atoms with E-state index in [4.69, 9.17) is 17.3 Å². The summed E-state index contributed by atoms with van der Waals surface area (Å²) in [5.41, 5.74) is 6.98. The van der Waals surface area contributed by atoms with E-state index in [0.717, 1.165) is 18.5 Å². The maximum absolute atomic E-state index is 13.0. The Bertz CT molecular complexity index is 364. The Morgan fingerprint density at radius 1 is 1.56 bits per heavy atom. The highest BCUT2D eigenvalue weighted by atomic mass is 35.5. The minimum absolute atomic E-state index is 0.0753. The van der Waals surface area contributed by atoms with Crippen molar-refractivity contribution >= 4 is 11.6 Å². The molecule has 1 heterocycles. The Labute approximate surface area is 100.0 Å². The van der Waals surface area contributed by atoms with E-state index in [1.54, 1.807) is 12.1 Å². The van der Waals surface area contributed by atoms with Crippen molar-refractivity contribution in [2.24, 2.45) is 5.73 Å². The lowest BCUT2D eigenvalue weighted by Gasteiger charge is -2.17. The molecule has 1 aliphatic heterocycles. The second kappa shape index (κ2) is 5.13. The molecule has 3 N–H and O–H groups in total. The molecule has 2 rings (SSSR count). The quantitative estimate of drug-likeness (QED) is 0.855. The normalized spacial score (nSPS) is 22.3. The number of nitrogens with two attached hydrogens (primary N) is 1. The third-order valence-corrected chi connectivity index (χ3v) is 3.36. The summed E-state index contributed by atoms with van der Waals surface area (Å²) in [7, 11) is 0. The fourth-order valence-corrected chi connectivity index (χ4v) is 2.33. The molecule has 0 bridgehead atoms. The minimum atomic E-state index is -0.392. The van der Waals surface area contributed by atoms with E-state index in [-0.39, 0.29) is 11.1 Å². The second-order valence-electron chi connectivity index (χ2n) is 4.31. The van der Waals surface area contributed by atoms with Crippen LogP contribution in [-0.4, -0.2) is 12.6 Å². The SMILES string of the molecule is NC(CC1CCCN1)c1ccc(F)c(Cl)c1. The van der Waals surface area contributed by atoms with Gasteiger partial charge in [0.15, 0.2) is 0 Å². The van der Waals surface area contributed by atoms with Crippen LogP contribution in [0.15, 0.2) is 18.2 Å². The minimum Gasteiger partial charge on any atom is -0.324 e. The van der Waals surface area contributed by atoms with E-state index in [0.29, 0.717) is 6.04 Å². The van der Waals surface area contributed by atoms with Gasteiger partial charge in [0.25, 0.3) is 0 Å². The Kier molecular flexibility index (Phi) is 3.79. The molecule has 0 aromatic heterocycles. The van der Waals surface area contributed by atoms with Crippen LogP contribution in [0.3, 0.4) is 0 Å². The molecule has 1 aliphatic rings. The van der Waals surface area contributed by atoms with Crippen LogP contribution in [0.5, 0.6) is 0 Å². The molecule has 1 aromatic rings. The fourth-order valence-electron chi connectivity index (χ4n) is 2.14. The number of hydrogen-bond acceptors (Lipinski definition) is 2. The Balaban J connectivity index is 2.02. The summed E-state index contributed by atoms with van der Waals surface area (Å²) in [4.78, 5) is 0. The summed E-state index contributed by atoms with van der Waals surface area (Å²) in [6, 6.07) is 5.12. The van der Waals surface area contributed by atoms with Gasteiger partial charge >= 0.3 is 0 Å². The van der Waals surface area contributed by atoms with Crippen molar-refractivity contribution < 1.29 is 4.39 Å². The molecule has 2 nitrogen and oxygen atoms in total. The lowest BCUT2D eigenvalue weighted by atomic mass is 9.99. The van der Waals surface area contributed by atoms with E-state index in [2.05, 4.69) is 5.32 Å². The first-order valence-corrected chi connectivity index (χ1v) is 5.98. The summed E-state index contributed by atoms with van der Waals surface area (Å²) in [6.45, 7) is 1.07. The van der Waals surface area contributed by atoms with Crippen LogP contribution in [0.2, 0.25) is 5.02 Å². The maximum atomic E-state index is 13.0. The first-order chi connectivity index (χ1) is 7.66. The topological polar surface area (TPSA) is 38.0 Å². The Morgan fingerprint density at radius 2 is 2.38 bits per heavy atom. The lowest BCUT2D eigenvalue weighted by molar-refractivity contribution is 0.498. The lowest BCUT2D eigenvalue weighted by Crippen LogP contribution is -2.26. The number of rotatable bonds is 3. The van der Waals surface area contributed by atoms with Gasteiger partial charge in [0, 0.05) is 12.1 Å². The van der Waals surface area contributed by atoms with E-state index in [9.17, 15) is 4.39 Å². The Morgan fingerprint density at radius 3 is 3.00 bits per heavy atom. The van der Waals surface area contributed by atoms with Crippen molar-refractivity contribution in [1.29, 1.82) is 0 Å². The van der Waals surface area contributed by atoms with Crippen LogP contribution in [0.4, 0.5) is 4.39 Å². The van der Waals surface area contributed by atoms with Crippen LogP contribution in [0, 0.1) is 5.82 Å². The summed E-state index contributed by atoms with van der Waals surface area (Å²) < 4.78 is 13.0. The van der Waals surface area contributed by atoms with Crippen molar-refractivity contribution in [3.8, 4) is 0 Å². The van der Waals surface area contributed by atoms with Gasteiger partial charge in [-0.05, 0) is 43.5 Å². The highest BCUT2D eigenvalue weighted by Crippen LogP contribution is 2.24. The Hall–Kier alpha value is -0.640. The zero-order chi connectivity index (χ0) is 11.5. The molecule has 2 unspecified atom stereocenters. The molecule has 1 saturated heterocycles. The molecular formula is C12H16ClFN2. The molecule has 1 aromatic carbocycles. The van der Waals surface area contributed by atoms with Gasteiger partial charge in [-0.15, -0.1) is 0 Å². The molecule has 0 aliphatic carbocycles. The summed E-state index contributed by atoms with van der Waals surface area (Å²) >= 11 is 5.73. The average molecular weight is 243 g/mol. The zero-order valence-electron chi connectivity index (χ0n) is 9.05. The number of halogens is 2. The van der Waals surface area contributed by atoms with Crippen LogP contribution in [0.25, 0.3) is 0 Å². The van der Waals surface area contributed by atoms with Gasteiger partial charge < -0.3 is 11.1 Å². The molecule has 0 spiro atoms. The van der Waals surface area contributed by atoms with E-state index < -0.39 is 5.82 Å². The van der Waals surface area contributed by atoms with Gasteiger partial charge in [-0.1, -0.05) is 17.7 Å². The van der Waals surface area contributed by atoms with Gasteiger partial charge in [-0.3, -0.25) is 0 Å². The monoisotopic (exact) mass is 242 g/mol. The van der Waals surface area contributed by atoms with Gasteiger partial charge in [0.2, 0.25) is 0 Å². The third kappa shape index (κ3) is 2.73. The van der Waals surface area contributed by atoms with Crippen LogP contribution in [-0.2, 0) is 0 Å². The van der Waals surface area contributed by atoms with Crippen molar-refractivity contribution in [2.45, 2.75) is 31.3 Å². The first kappa shape index (κ1) is 11.8. The van der Waals surface area contributed by atoms with Gasteiger partial charge in [-0.25, -0.2) is 4.39 Å².